The monoisotopic (exact) mass is 319 g/mol. The largest absolute Gasteiger partial charge is 0.489 e. The van der Waals surface area contributed by atoms with Crippen LogP contribution in [0.2, 0.25) is 0 Å². The Balaban J connectivity index is 1.31. The first-order valence-electron chi connectivity index (χ1n) is 9.24. The van der Waals surface area contributed by atoms with Gasteiger partial charge in [-0.1, -0.05) is 24.3 Å². The minimum Gasteiger partial charge on any atom is -0.489 e. The SMILES string of the molecule is CN1CC2(Cc3ccc(OCc4cccc5c4CCC5)cc3C2)C1. The zero-order chi connectivity index (χ0) is 16.1. The molecule has 0 unspecified atom stereocenters. The predicted molar refractivity (Wildman–Crippen MR) is 96.6 cm³/mol. The summed E-state index contributed by atoms with van der Waals surface area (Å²) in [4.78, 5) is 2.43. The standard InChI is InChI=1S/C22H25NO/c1-23-14-22(15-23)11-17-8-9-20(10-19(17)12-22)24-13-18-6-2-4-16-5-3-7-21(16)18/h2,4,6,8-10H,3,5,7,11-15H2,1H3. The minimum absolute atomic E-state index is 0.524. The van der Waals surface area contributed by atoms with Crippen molar-refractivity contribution in [1.29, 1.82) is 0 Å². The van der Waals surface area contributed by atoms with Gasteiger partial charge in [-0.2, -0.15) is 0 Å². The first-order valence-corrected chi connectivity index (χ1v) is 9.24. The van der Waals surface area contributed by atoms with E-state index in [1.807, 2.05) is 0 Å². The van der Waals surface area contributed by atoms with Crippen LogP contribution in [0.4, 0.5) is 0 Å². The summed E-state index contributed by atoms with van der Waals surface area (Å²) in [6.07, 6.45) is 6.22. The molecular formula is C22H25NO. The molecule has 1 heterocycles. The number of likely N-dealkylation sites (tertiary alicyclic amines) is 1. The van der Waals surface area contributed by atoms with Crippen LogP contribution in [-0.4, -0.2) is 25.0 Å². The summed E-state index contributed by atoms with van der Waals surface area (Å²) in [7, 11) is 2.22. The topological polar surface area (TPSA) is 12.5 Å². The van der Waals surface area contributed by atoms with Crippen molar-refractivity contribution in [3.05, 3.63) is 64.2 Å². The summed E-state index contributed by atoms with van der Waals surface area (Å²) >= 11 is 0. The molecule has 5 rings (SSSR count). The van der Waals surface area contributed by atoms with Crippen molar-refractivity contribution in [3.8, 4) is 5.75 Å². The highest BCUT2D eigenvalue weighted by atomic mass is 16.5. The van der Waals surface area contributed by atoms with Crippen LogP contribution in [0.15, 0.2) is 36.4 Å². The predicted octanol–water partition coefficient (Wildman–Crippen LogP) is 3.78. The summed E-state index contributed by atoms with van der Waals surface area (Å²) in [6, 6.07) is 13.5. The molecule has 1 fully saturated rings. The van der Waals surface area contributed by atoms with Crippen molar-refractivity contribution in [2.24, 2.45) is 5.41 Å². The number of hydrogen-bond donors (Lipinski definition) is 0. The molecule has 3 aliphatic rings. The molecule has 0 saturated carbocycles. The molecule has 0 aromatic heterocycles. The lowest BCUT2D eigenvalue weighted by molar-refractivity contribution is 0.0320. The number of fused-ring (bicyclic) bond motifs is 2. The second-order valence-corrected chi connectivity index (χ2v) is 8.15. The number of ether oxygens (including phenoxy) is 1. The molecular weight excluding hydrogens is 294 g/mol. The Morgan fingerprint density at radius 3 is 2.75 bits per heavy atom. The molecule has 1 aliphatic heterocycles. The average molecular weight is 319 g/mol. The molecule has 2 aromatic rings. The van der Waals surface area contributed by atoms with Gasteiger partial charge < -0.3 is 9.64 Å². The number of nitrogens with zero attached hydrogens (tertiary/aromatic N) is 1. The van der Waals surface area contributed by atoms with Crippen molar-refractivity contribution in [2.75, 3.05) is 20.1 Å². The Kier molecular flexibility index (Phi) is 3.24. The zero-order valence-corrected chi connectivity index (χ0v) is 14.5. The normalized spacial score (nSPS) is 20.7. The second kappa shape index (κ2) is 5.35. The van der Waals surface area contributed by atoms with E-state index in [0.717, 1.165) is 5.75 Å². The van der Waals surface area contributed by atoms with Gasteiger partial charge in [-0.3, -0.25) is 0 Å². The van der Waals surface area contributed by atoms with Crippen LogP contribution in [-0.2, 0) is 32.3 Å². The van der Waals surface area contributed by atoms with Crippen LogP contribution in [0, 0.1) is 5.41 Å². The summed E-state index contributed by atoms with van der Waals surface area (Å²) in [5.41, 5.74) is 8.02. The fourth-order valence-electron chi connectivity index (χ4n) is 5.22. The van der Waals surface area contributed by atoms with Crippen LogP contribution < -0.4 is 4.74 Å². The van der Waals surface area contributed by atoms with Gasteiger partial charge in [-0.05, 0) is 79.1 Å². The molecule has 1 saturated heterocycles. The summed E-state index contributed by atoms with van der Waals surface area (Å²) in [6.45, 7) is 3.19. The van der Waals surface area contributed by atoms with Crippen molar-refractivity contribution in [3.63, 3.8) is 0 Å². The van der Waals surface area contributed by atoms with Gasteiger partial charge >= 0.3 is 0 Å². The van der Waals surface area contributed by atoms with Gasteiger partial charge in [0.05, 0.1) is 0 Å². The van der Waals surface area contributed by atoms with E-state index in [-0.39, 0.29) is 0 Å². The Morgan fingerprint density at radius 1 is 1.00 bits per heavy atom. The van der Waals surface area contributed by atoms with E-state index in [0.29, 0.717) is 12.0 Å². The number of hydrogen-bond acceptors (Lipinski definition) is 2. The average Bonchev–Trinajstić information content (AvgIpc) is 3.16. The molecule has 0 amide bonds. The summed E-state index contributed by atoms with van der Waals surface area (Å²) < 4.78 is 6.17. The molecule has 2 heteroatoms. The molecule has 2 aliphatic carbocycles. The fraction of sp³-hybridized carbons (Fsp3) is 0.455. The molecule has 1 spiro atoms. The lowest BCUT2D eigenvalue weighted by Crippen LogP contribution is -2.54. The van der Waals surface area contributed by atoms with Crippen LogP contribution in [0.25, 0.3) is 0 Å². The van der Waals surface area contributed by atoms with Gasteiger partial charge in [0, 0.05) is 18.5 Å². The van der Waals surface area contributed by atoms with Crippen LogP contribution in [0.1, 0.15) is 34.2 Å². The van der Waals surface area contributed by atoms with E-state index in [1.165, 1.54) is 73.0 Å². The molecule has 0 atom stereocenters. The molecule has 0 bridgehead atoms. The quantitative estimate of drug-likeness (QED) is 0.853. The molecule has 0 N–H and O–H groups in total. The van der Waals surface area contributed by atoms with Gasteiger partial charge in [-0.25, -0.2) is 0 Å². The molecule has 2 nitrogen and oxygen atoms in total. The van der Waals surface area contributed by atoms with Gasteiger partial charge in [0.1, 0.15) is 12.4 Å². The highest BCUT2D eigenvalue weighted by Gasteiger charge is 2.45. The smallest absolute Gasteiger partial charge is 0.120 e. The van der Waals surface area contributed by atoms with E-state index in [4.69, 9.17) is 4.74 Å². The van der Waals surface area contributed by atoms with E-state index >= 15 is 0 Å². The first-order chi connectivity index (χ1) is 11.7. The molecule has 0 radical (unpaired) electrons. The highest BCUT2D eigenvalue weighted by Crippen LogP contribution is 2.44. The van der Waals surface area contributed by atoms with E-state index in [2.05, 4.69) is 48.3 Å². The third kappa shape index (κ3) is 2.36. The summed E-state index contributed by atoms with van der Waals surface area (Å²) in [5, 5.41) is 0. The Labute approximate surface area is 144 Å². The Hall–Kier alpha value is -1.80. The van der Waals surface area contributed by atoms with E-state index in [9.17, 15) is 0 Å². The molecule has 124 valence electrons. The fourth-order valence-corrected chi connectivity index (χ4v) is 5.22. The minimum atomic E-state index is 0.524. The zero-order valence-electron chi connectivity index (χ0n) is 14.5. The van der Waals surface area contributed by atoms with E-state index in [1.54, 1.807) is 0 Å². The lowest BCUT2D eigenvalue weighted by atomic mass is 9.77. The van der Waals surface area contributed by atoms with Gasteiger partial charge in [0.15, 0.2) is 0 Å². The van der Waals surface area contributed by atoms with Crippen molar-refractivity contribution in [2.45, 2.75) is 38.7 Å². The van der Waals surface area contributed by atoms with Crippen LogP contribution in [0.3, 0.4) is 0 Å². The number of aryl methyl sites for hydroxylation is 1. The third-order valence-electron chi connectivity index (χ3n) is 6.16. The molecule has 24 heavy (non-hydrogen) atoms. The van der Waals surface area contributed by atoms with Crippen molar-refractivity contribution in [1.82, 2.24) is 4.90 Å². The Morgan fingerprint density at radius 2 is 1.88 bits per heavy atom. The second-order valence-electron chi connectivity index (χ2n) is 8.15. The highest BCUT2D eigenvalue weighted by molar-refractivity contribution is 5.42. The Bertz CT molecular complexity index is 789. The van der Waals surface area contributed by atoms with Gasteiger partial charge in [0.25, 0.3) is 0 Å². The van der Waals surface area contributed by atoms with Crippen molar-refractivity contribution < 1.29 is 4.74 Å². The van der Waals surface area contributed by atoms with E-state index < -0.39 is 0 Å². The van der Waals surface area contributed by atoms with Crippen LogP contribution >= 0.6 is 0 Å². The maximum absolute atomic E-state index is 6.17. The van der Waals surface area contributed by atoms with Gasteiger partial charge in [0.2, 0.25) is 0 Å². The number of benzene rings is 2. The maximum Gasteiger partial charge on any atom is 0.120 e. The maximum atomic E-state index is 6.17. The summed E-state index contributed by atoms with van der Waals surface area (Å²) in [5.74, 6) is 1.04. The number of rotatable bonds is 3. The third-order valence-corrected chi connectivity index (χ3v) is 6.16. The first kappa shape index (κ1) is 14.5. The van der Waals surface area contributed by atoms with Crippen LogP contribution in [0.5, 0.6) is 5.75 Å². The molecule has 2 aromatic carbocycles. The van der Waals surface area contributed by atoms with Crippen molar-refractivity contribution >= 4 is 0 Å². The lowest BCUT2D eigenvalue weighted by Gasteiger charge is -2.46. The van der Waals surface area contributed by atoms with Gasteiger partial charge in [-0.15, -0.1) is 0 Å².